The van der Waals surface area contributed by atoms with Crippen LogP contribution in [-0.2, 0) is 4.74 Å². The molecule has 0 radical (unpaired) electrons. The molecule has 1 aromatic heterocycles. The van der Waals surface area contributed by atoms with E-state index < -0.39 is 11.9 Å². The van der Waals surface area contributed by atoms with E-state index in [-0.39, 0.29) is 5.69 Å². The van der Waals surface area contributed by atoms with Crippen LogP contribution in [0.4, 0.5) is 17.2 Å². The van der Waals surface area contributed by atoms with Gasteiger partial charge in [0, 0.05) is 23.5 Å². The maximum Gasteiger partial charge on any atom is 0.337 e. The summed E-state index contributed by atoms with van der Waals surface area (Å²) >= 11 is 0. The molecule has 2 N–H and O–H groups in total. The fraction of sp³-hybridized carbons (Fsp3) is 0.100. The van der Waals surface area contributed by atoms with Crippen LogP contribution >= 0.6 is 0 Å². The topological polar surface area (TPSA) is 102 Å². The molecule has 28 heavy (non-hydrogen) atoms. The highest BCUT2D eigenvalue weighted by Gasteiger charge is 2.12. The zero-order valence-electron chi connectivity index (χ0n) is 15.3. The first-order chi connectivity index (χ1) is 13.6. The van der Waals surface area contributed by atoms with Crippen molar-refractivity contribution in [2.45, 2.75) is 0 Å². The van der Waals surface area contributed by atoms with E-state index in [1.165, 1.54) is 25.6 Å². The van der Waals surface area contributed by atoms with Crippen LogP contribution in [-0.4, -0.2) is 36.1 Å². The van der Waals surface area contributed by atoms with Crippen molar-refractivity contribution in [3.8, 4) is 5.75 Å². The van der Waals surface area contributed by atoms with Crippen molar-refractivity contribution in [2.24, 2.45) is 0 Å². The van der Waals surface area contributed by atoms with E-state index in [0.29, 0.717) is 22.8 Å². The molecule has 8 heteroatoms. The average Bonchev–Trinajstić information content (AvgIpc) is 2.73. The Morgan fingerprint density at radius 3 is 2.50 bits per heavy atom. The number of methoxy groups -OCH3 is 2. The summed E-state index contributed by atoms with van der Waals surface area (Å²) in [6.07, 6.45) is 1.29. The molecule has 0 atom stereocenters. The lowest BCUT2D eigenvalue weighted by molar-refractivity contribution is 0.0600. The van der Waals surface area contributed by atoms with E-state index in [1.807, 2.05) is 18.2 Å². The summed E-state index contributed by atoms with van der Waals surface area (Å²) in [5.74, 6) is 0.236. The molecule has 0 saturated carbocycles. The second-order valence-electron chi connectivity index (χ2n) is 5.67. The first-order valence-corrected chi connectivity index (χ1v) is 8.32. The quantitative estimate of drug-likeness (QED) is 0.635. The zero-order valence-corrected chi connectivity index (χ0v) is 15.3. The fourth-order valence-electron chi connectivity index (χ4n) is 2.44. The van der Waals surface area contributed by atoms with Crippen molar-refractivity contribution < 1.29 is 19.1 Å². The van der Waals surface area contributed by atoms with Gasteiger partial charge in [-0.05, 0) is 30.3 Å². The molecule has 0 saturated heterocycles. The first-order valence-electron chi connectivity index (χ1n) is 8.32. The Morgan fingerprint density at radius 2 is 1.71 bits per heavy atom. The van der Waals surface area contributed by atoms with Crippen LogP contribution in [0.15, 0.2) is 60.9 Å². The molecule has 1 amide bonds. The van der Waals surface area contributed by atoms with Gasteiger partial charge in [-0.3, -0.25) is 4.79 Å². The number of ether oxygens (including phenoxy) is 2. The van der Waals surface area contributed by atoms with Crippen LogP contribution < -0.4 is 15.4 Å². The van der Waals surface area contributed by atoms with Gasteiger partial charge >= 0.3 is 5.97 Å². The second-order valence-corrected chi connectivity index (χ2v) is 5.67. The van der Waals surface area contributed by atoms with Gasteiger partial charge in [-0.15, -0.1) is 0 Å². The molecule has 0 aliphatic heterocycles. The molecule has 0 fully saturated rings. The molecular formula is C20H18N4O4. The highest BCUT2D eigenvalue weighted by atomic mass is 16.5. The predicted molar refractivity (Wildman–Crippen MR) is 104 cm³/mol. The average molecular weight is 378 g/mol. The Bertz CT molecular complexity index is 1010. The van der Waals surface area contributed by atoms with Gasteiger partial charge in [-0.2, -0.15) is 0 Å². The number of nitrogens with zero attached hydrogens (tertiary/aromatic N) is 2. The van der Waals surface area contributed by atoms with Gasteiger partial charge in [-0.25, -0.2) is 14.8 Å². The third-order valence-corrected chi connectivity index (χ3v) is 3.78. The van der Waals surface area contributed by atoms with Gasteiger partial charge in [0.05, 0.1) is 19.8 Å². The van der Waals surface area contributed by atoms with E-state index in [9.17, 15) is 9.59 Å². The van der Waals surface area contributed by atoms with Crippen molar-refractivity contribution in [1.29, 1.82) is 0 Å². The highest BCUT2D eigenvalue weighted by Crippen LogP contribution is 2.20. The number of benzene rings is 2. The molecular weight excluding hydrogens is 360 g/mol. The zero-order chi connectivity index (χ0) is 19.9. The van der Waals surface area contributed by atoms with Gasteiger partial charge in [0.1, 0.15) is 23.6 Å². The Kier molecular flexibility index (Phi) is 5.81. The van der Waals surface area contributed by atoms with Gasteiger partial charge in [0.15, 0.2) is 0 Å². The smallest absolute Gasteiger partial charge is 0.337 e. The Hall–Kier alpha value is -3.94. The maximum atomic E-state index is 12.5. The molecule has 0 aliphatic rings. The SMILES string of the molecule is COC(=O)c1cccc(NC(=O)c2cc(Nc3cccc(OC)c3)ncn2)c1. The lowest BCUT2D eigenvalue weighted by Crippen LogP contribution is -2.15. The number of amides is 1. The van der Waals surface area contributed by atoms with Crippen LogP contribution in [0.25, 0.3) is 0 Å². The standard InChI is InChI=1S/C20H18N4O4/c1-27-16-8-4-7-15(10-16)23-18-11-17(21-12-22-18)19(25)24-14-6-3-5-13(9-14)20(26)28-2/h3-12H,1-2H3,(H,24,25)(H,21,22,23). The number of aromatic nitrogens is 2. The number of rotatable bonds is 6. The van der Waals surface area contributed by atoms with Gasteiger partial charge in [0.2, 0.25) is 0 Å². The molecule has 0 aliphatic carbocycles. The van der Waals surface area contributed by atoms with Crippen LogP contribution in [0.1, 0.15) is 20.8 Å². The van der Waals surface area contributed by atoms with Crippen molar-refractivity contribution in [3.05, 3.63) is 72.2 Å². The molecule has 0 unspecified atom stereocenters. The lowest BCUT2D eigenvalue weighted by atomic mass is 10.2. The number of esters is 1. The van der Waals surface area contributed by atoms with E-state index >= 15 is 0 Å². The molecule has 2 aromatic carbocycles. The minimum Gasteiger partial charge on any atom is -0.497 e. The number of nitrogens with one attached hydrogen (secondary N) is 2. The number of hydrogen-bond acceptors (Lipinski definition) is 7. The van der Waals surface area contributed by atoms with Crippen molar-refractivity contribution >= 4 is 29.1 Å². The summed E-state index contributed by atoms with van der Waals surface area (Å²) in [7, 11) is 2.88. The van der Waals surface area contributed by atoms with E-state index in [4.69, 9.17) is 4.74 Å². The number of hydrogen-bond donors (Lipinski definition) is 2. The first kappa shape index (κ1) is 18.8. The minimum atomic E-state index is -0.483. The lowest BCUT2D eigenvalue weighted by Gasteiger charge is -2.09. The van der Waals surface area contributed by atoms with Gasteiger partial charge < -0.3 is 20.1 Å². The molecule has 0 spiro atoms. The summed E-state index contributed by atoms with van der Waals surface area (Å²) in [6.45, 7) is 0. The highest BCUT2D eigenvalue weighted by molar-refractivity contribution is 6.04. The normalized spacial score (nSPS) is 10.1. The van der Waals surface area contributed by atoms with Crippen molar-refractivity contribution in [1.82, 2.24) is 9.97 Å². The summed E-state index contributed by atoms with van der Waals surface area (Å²) in [5.41, 5.74) is 1.72. The van der Waals surface area contributed by atoms with Gasteiger partial charge in [-0.1, -0.05) is 12.1 Å². The van der Waals surface area contributed by atoms with Crippen LogP contribution in [0.3, 0.4) is 0 Å². The molecule has 142 valence electrons. The van der Waals surface area contributed by atoms with Crippen molar-refractivity contribution in [2.75, 3.05) is 24.9 Å². The largest absolute Gasteiger partial charge is 0.497 e. The summed E-state index contributed by atoms with van der Waals surface area (Å²) in [5, 5.41) is 5.80. The van der Waals surface area contributed by atoms with Crippen LogP contribution in [0, 0.1) is 0 Å². The summed E-state index contributed by atoms with van der Waals surface area (Å²) < 4.78 is 9.87. The van der Waals surface area contributed by atoms with Crippen molar-refractivity contribution in [3.63, 3.8) is 0 Å². The number of anilines is 3. The number of carbonyl (C=O) groups excluding carboxylic acids is 2. The Balaban J connectivity index is 1.74. The van der Waals surface area contributed by atoms with Crippen LogP contribution in [0.5, 0.6) is 5.75 Å². The molecule has 3 aromatic rings. The predicted octanol–water partition coefficient (Wildman–Crippen LogP) is 3.27. The third-order valence-electron chi connectivity index (χ3n) is 3.78. The van der Waals surface area contributed by atoms with E-state index in [0.717, 1.165) is 5.69 Å². The summed E-state index contributed by atoms with van der Waals surface area (Å²) in [4.78, 5) is 32.2. The Morgan fingerprint density at radius 1 is 0.929 bits per heavy atom. The monoisotopic (exact) mass is 378 g/mol. The Labute approximate surface area is 161 Å². The van der Waals surface area contributed by atoms with Crippen LogP contribution in [0.2, 0.25) is 0 Å². The summed E-state index contributed by atoms with van der Waals surface area (Å²) in [6, 6.07) is 15.3. The van der Waals surface area contributed by atoms with E-state index in [1.54, 1.807) is 31.4 Å². The molecule has 3 rings (SSSR count). The molecule has 8 nitrogen and oxygen atoms in total. The number of carbonyl (C=O) groups is 2. The third kappa shape index (κ3) is 4.61. The fourth-order valence-corrected chi connectivity index (χ4v) is 2.44. The molecule has 0 bridgehead atoms. The maximum absolute atomic E-state index is 12.5. The molecule has 1 heterocycles. The van der Waals surface area contributed by atoms with E-state index in [2.05, 4.69) is 25.3 Å². The minimum absolute atomic E-state index is 0.170. The van der Waals surface area contributed by atoms with Gasteiger partial charge in [0.25, 0.3) is 5.91 Å². The second kappa shape index (κ2) is 8.63.